The number of aliphatic hydroxyl groups is 1. The summed E-state index contributed by atoms with van der Waals surface area (Å²) in [6.07, 6.45) is -1.79. The largest absolute Gasteiger partial charge is 0.380 e. The Hall–Kier alpha value is -0.550. The standard InChI is InChI=1S/C7H9F2NOS/c1-4-10-5(3-12-4)6(11)7(2,8)9/h3,6,11H,1-2H3. The Kier molecular flexibility index (Phi) is 2.44. The van der Waals surface area contributed by atoms with E-state index in [1.807, 2.05) is 0 Å². The van der Waals surface area contributed by atoms with Crippen molar-refractivity contribution in [2.75, 3.05) is 0 Å². The van der Waals surface area contributed by atoms with Crippen molar-refractivity contribution in [3.05, 3.63) is 16.1 Å². The first-order chi connectivity index (χ1) is 5.41. The van der Waals surface area contributed by atoms with Gasteiger partial charge in [0.2, 0.25) is 0 Å². The predicted octanol–water partition coefficient (Wildman–Crippen LogP) is 2.14. The monoisotopic (exact) mass is 193 g/mol. The van der Waals surface area contributed by atoms with Gasteiger partial charge in [0, 0.05) is 12.3 Å². The lowest BCUT2D eigenvalue weighted by Gasteiger charge is -2.15. The smallest absolute Gasteiger partial charge is 0.276 e. The van der Waals surface area contributed by atoms with E-state index >= 15 is 0 Å². The molecule has 0 radical (unpaired) electrons. The molecule has 1 N–H and O–H groups in total. The van der Waals surface area contributed by atoms with Crippen molar-refractivity contribution in [1.82, 2.24) is 4.98 Å². The molecule has 0 bridgehead atoms. The lowest BCUT2D eigenvalue weighted by atomic mass is 10.2. The molecule has 2 nitrogen and oxygen atoms in total. The molecule has 1 unspecified atom stereocenters. The fourth-order valence-electron chi connectivity index (χ4n) is 0.765. The molecule has 68 valence electrons. The highest BCUT2D eigenvalue weighted by Crippen LogP contribution is 2.30. The van der Waals surface area contributed by atoms with Crippen molar-refractivity contribution in [3.63, 3.8) is 0 Å². The molecule has 0 saturated carbocycles. The molecule has 1 aromatic rings. The van der Waals surface area contributed by atoms with Crippen LogP contribution in [0.4, 0.5) is 8.78 Å². The minimum atomic E-state index is -3.12. The summed E-state index contributed by atoms with van der Waals surface area (Å²) in [5.74, 6) is -3.12. The Morgan fingerprint density at radius 1 is 1.67 bits per heavy atom. The summed E-state index contributed by atoms with van der Waals surface area (Å²) >= 11 is 1.24. The van der Waals surface area contributed by atoms with Gasteiger partial charge in [0.1, 0.15) is 0 Å². The lowest BCUT2D eigenvalue weighted by Crippen LogP contribution is -2.22. The van der Waals surface area contributed by atoms with Crippen molar-refractivity contribution in [1.29, 1.82) is 0 Å². The van der Waals surface area contributed by atoms with Crippen LogP contribution < -0.4 is 0 Å². The van der Waals surface area contributed by atoms with E-state index in [-0.39, 0.29) is 5.69 Å². The minimum Gasteiger partial charge on any atom is -0.380 e. The van der Waals surface area contributed by atoms with E-state index in [4.69, 9.17) is 5.11 Å². The molecule has 0 aliphatic carbocycles. The molecule has 0 aliphatic heterocycles. The Bertz CT molecular complexity index is 269. The second kappa shape index (κ2) is 3.06. The second-order valence-electron chi connectivity index (χ2n) is 2.65. The maximum Gasteiger partial charge on any atom is 0.276 e. The van der Waals surface area contributed by atoms with E-state index in [2.05, 4.69) is 4.98 Å². The number of aryl methyl sites for hydroxylation is 1. The zero-order valence-electron chi connectivity index (χ0n) is 6.71. The van der Waals surface area contributed by atoms with Crippen LogP contribution in [0.25, 0.3) is 0 Å². The summed E-state index contributed by atoms with van der Waals surface area (Å²) in [5.41, 5.74) is 0.0463. The van der Waals surface area contributed by atoms with Crippen molar-refractivity contribution in [2.24, 2.45) is 0 Å². The van der Waals surface area contributed by atoms with Gasteiger partial charge in [0.15, 0.2) is 6.10 Å². The summed E-state index contributed by atoms with van der Waals surface area (Å²) in [7, 11) is 0. The summed E-state index contributed by atoms with van der Waals surface area (Å²) < 4.78 is 25.1. The predicted molar refractivity (Wildman–Crippen MR) is 42.4 cm³/mol. The van der Waals surface area contributed by atoms with E-state index in [9.17, 15) is 8.78 Å². The number of halogens is 2. The molecule has 1 rings (SSSR count). The molecular weight excluding hydrogens is 184 g/mol. The van der Waals surface area contributed by atoms with Crippen molar-refractivity contribution >= 4 is 11.3 Å². The van der Waals surface area contributed by atoms with E-state index in [0.29, 0.717) is 11.9 Å². The number of aromatic nitrogens is 1. The quantitative estimate of drug-likeness (QED) is 0.780. The Balaban J connectivity index is 2.85. The van der Waals surface area contributed by atoms with Crippen LogP contribution in [0.5, 0.6) is 0 Å². The third kappa shape index (κ3) is 1.98. The Morgan fingerprint density at radius 3 is 2.58 bits per heavy atom. The van der Waals surface area contributed by atoms with Crippen LogP contribution in [0, 0.1) is 6.92 Å². The SMILES string of the molecule is Cc1nc(C(O)C(C)(F)F)cs1. The zero-order chi connectivity index (χ0) is 9.35. The van der Waals surface area contributed by atoms with Gasteiger partial charge in [-0.2, -0.15) is 0 Å². The Morgan fingerprint density at radius 2 is 2.25 bits per heavy atom. The van der Waals surface area contributed by atoms with Gasteiger partial charge < -0.3 is 5.11 Å². The summed E-state index contributed by atoms with van der Waals surface area (Å²) in [5, 5.41) is 11.2. The van der Waals surface area contributed by atoms with Crippen LogP contribution in [0.3, 0.4) is 0 Å². The number of thiazole rings is 1. The van der Waals surface area contributed by atoms with Gasteiger partial charge in [-0.1, -0.05) is 0 Å². The van der Waals surface area contributed by atoms with Gasteiger partial charge in [-0.15, -0.1) is 11.3 Å². The number of nitrogens with zero attached hydrogens (tertiary/aromatic N) is 1. The van der Waals surface area contributed by atoms with Crippen LogP contribution >= 0.6 is 11.3 Å². The molecule has 1 atom stereocenters. The minimum absolute atomic E-state index is 0.0463. The topological polar surface area (TPSA) is 33.1 Å². The van der Waals surface area contributed by atoms with Crippen LogP contribution in [0.1, 0.15) is 23.7 Å². The Labute approximate surface area is 72.9 Å². The number of rotatable bonds is 2. The van der Waals surface area contributed by atoms with Crippen molar-refractivity contribution in [3.8, 4) is 0 Å². The molecule has 0 saturated heterocycles. The maximum atomic E-state index is 12.5. The maximum absolute atomic E-state index is 12.5. The molecule has 0 fully saturated rings. The van der Waals surface area contributed by atoms with E-state index in [0.717, 1.165) is 0 Å². The average Bonchev–Trinajstić information content (AvgIpc) is 2.32. The van der Waals surface area contributed by atoms with Crippen LogP contribution in [0.2, 0.25) is 0 Å². The number of hydrogen-bond donors (Lipinski definition) is 1. The molecule has 0 spiro atoms. The van der Waals surface area contributed by atoms with E-state index in [1.54, 1.807) is 6.92 Å². The highest BCUT2D eigenvalue weighted by Gasteiger charge is 2.35. The first-order valence-electron chi connectivity index (χ1n) is 3.39. The molecule has 5 heteroatoms. The first kappa shape index (κ1) is 9.54. The summed E-state index contributed by atoms with van der Waals surface area (Å²) in [6, 6.07) is 0. The molecule has 1 aromatic heterocycles. The zero-order valence-corrected chi connectivity index (χ0v) is 7.53. The second-order valence-corrected chi connectivity index (χ2v) is 3.71. The molecule has 0 aliphatic rings. The molecule has 1 heterocycles. The van der Waals surface area contributed by atoms with Crippen LogP contribution in [-0.4, -0.2) is 16.0 Å². The highest BCUT2D eigenvalue weighted by molar-refractivity contribution is 7.09. The highest BCUT2D eigenvalue weighted by atomic mass is 32.1. The third-order valence-corrected chi connectivity index (χ3v) is 2.19. The van der Waals surface area contributed by atoms with Gasteiger partial charge in [0.05, 0.1) is 10.7 Å². The van der Waals surface area contributed by atoms with Gasteiger partial charge in [-0.3, -0.25) is 0 Å². The normalized spacial score (nSPS) is 14.8. The van der Waals surface area contributed by atoms with Crippen LogP contribution in [-0.2, 0) is 0 Å². The van der Waals surface area contributed by atoms with Gasteiger partial charge in [-0.25, -0.2) is 13.8 Å². The van der Waals surface area contributed by atoms with Gasteiger partial charge in [0.25, 0.3) is 5.92 Å². The third-order valence-electron chi connectivity index (χ3n) is 1.40. The number of alkyl halides is 2. The van der Waals surface area contributed by atoms with E-state index < -0.39 is 12.0 Å². The van der Waals surface area contributed by atoms with Gasteiger partial charge >= 0.3 is 0 Å². The summed E-state index contributed by atoms with van der Waals surface area (Å²) in [6.45, 7) is 2.38. The van der Waals surface area contributed by atoms with Gasteiger partial charge in [-0.05, 0) is 6.92 Å². The lowest BCUT2D eigenvalue weighted by molar-refractivity contribution is -0.0969. The fraction of sp³-hybridized carbons (Fsp3) is 0.571. The molecule has 0 amide bonds. The first-order valence-corrected chi connectivity index (χ1v) is 4.27. The molecular formula is C7H9F2NOS. The van der Waals surface area contributed by atoms with Crippen molar-refractivity contribution in [2.45, 2.75) is 25.9 Å². The van der Waals surface area contributed by atoms with Crippen LogP contribution in [0.15, 0.2) is 5.38 Å². The fourth-order valence-corrected chi connectivity index (χ4v) is 1.40. The number of hydrogen-bond acceptors (Lipinski definition) is 3. The molecule has 12 heavy (non-hydrogen) atoms. The van der Waals surface area contributed by atoms with E-state index in [1.165, 1.54) is 16.7 Å². The number of aliphatic hydroxyl groups excluding tert-OH is 1. The summed E-state index contributed by atoms with van der Waals surface area (Å²) in [4.78, 5) is 3.77. The molecule has 0 aromatic carbocycles. The van der Waals surface area contributed by atoms with Crippen molar-refractivity contribution < 1.29 is 13.9 Å². The average molecular weight is 193 g/mol.